The summed E-state index contributed by atoms with van der Waals surface area (Å²) in [6.07, 6.45) is 6.33. The van der Waals surface area contributed by atoms with Crippen molar-refractivity contribution in [3.63, 3.8) is 0 Å². The average Bonchev–Trinajstić information content (AvgIpc) is 2.64. The van der Waals surface area contributed by atoms with Crippen LogP contribution < -0.4 is 15.4 Å². The van der Waals surface area contributed by atoms with E-state index in [4.69, 9.17) is 33.7 Å². The molecule has 0 atom stereocenters. The predicted molar refractivity (Wildman–Crippen MR) is 121 cm³/mol. The largest absolute Gasteiger partial charge is 0.495 e. The number of hydrogen-bond acceptors (Lipinski definition) is 4. The Morgan fingerprint density at radius 2 is 1.63 bits per heavy atom. The van der Waals surface area contributed by atoms with Gasteiger partial charge in [-0.2, -0.15) is 0 Å². The van der Waals surface area contributed by atoms with Crippen LogP contribution in [-0.2, 0) is 0 Å². The maximum Gasteiger partial charge on any atom is 0.139 e. The van der Waals surface area contributed by atoms with Crippen molar-refractivity contribution in [3.05, 3.63) is 22.2 Å². The standard InChI is InChI=1S/C19H29Cl2N3O.2ClH/c1-25-17-7-6-16(18(20)19(17)21)24-12-10-23(11-13-24)9-8-14-2-4-15(22)5-3-14;;/h6-7,14-15H,2-5,8-13,22H2,1H3;2*1H. The Labute approximate surface area is 185 Å². The lowest BCUT2D eigenvalue weighted by molar-refractivity contribution is 0.217. The van der Waals surface area contributed by atoms with Crippen LogP contribution in [0.5, 0.6) is 5.75 Å². The van der Waals surface area contributed by atoms with Gasteiger partial charge in [-0.3, -0.25) is 4.90 Å². The summed E-state index contributed by atoms with van der Waals surface area (Å²) in [4.78, 5) is 4.90. The number of halogens is 4. The number of nitrogens with two attached hydrogens (primary N) is 1. The molecule has 2 N–H and O–H groups in total. The molecule has 0 amide bonds. The highest BCUT2D eigenvalue weighted by Crippen LogP contribution is 2.39. The Morgan fingerprint density at radius 3 is 2.22 bits per heavy atom. The van der Waals surface area contributed by atoms with Crippen LogP contribution in [0.4, 0.5) is 5.69 Å². The summed E-state index contributed by atoms with van der Waals surface area (Å²) in [5, 5.41) is 1.09. The summed E-state index contributed by atoms with van der Waals surface area (Å²) in [5.41, 5.74) is 7.01. The molecule has 1 saturated heterocycles. The third kappa shape index (κ3) is 6.45. The van der Waals surface area contributed by atoms with Gasteiger partial charge in [0, 0.05) is 32.2 Å². The summed E-state index contributed by atoms with van der Waals surface area (Å²) < 4.78 is 5.23. The lowest BCUT2D eigenvalue weighted by Crippen LogP contribution is -2.47. The Balaban J connectivity index is 0.00000182. The van der Waals surface area contributed by atoms with E-state index in [0.29, 0.717) is 21.8 Å². The lowest BCUT2D eigenvalue weighted by atomic mass is 9.84. The smallest absolute Gasteiger partial charge is 0.139 e. The van der Waals surface area contributed by atoms with Gasteiger partial charge in [0.2, 0.25) is 0 Å². The molecule has 1 heterocycles. The molecule has 8 heteroatoms. The minimum Gasteiger partial charge on any atom is -0.495 e. The van der Waals surface area contributed by atoms with E-state index in [9.17, 15) is 0 Å². The number of nitrogens with zero attached hydrogens (tertiary/aromatic N) is 2. The van der Waals surface area contributed by atoms with Crippen molar-refractivity contribution in [2.24, 2.45) is 11.7 Å². The highest BCUT2D eigenvalue weighted by molar-refractivity contribution is 6.44. The number of ether oxygens (including phenoxy) is 1. The van der Waals surface area contributed by atoms with E-state index < -0.39 is 0 Å². The number of methoxy groups -OCH3 is 1. The summed E-state index contributed by atoms with van der Waals surface area (Å²) in [7, 11) is 1.61. The molecule has 4 nitrogen and oxygen atoms in total. The van der Waals surface area contributed by atoms with Crippen LogP contribution in [-0.4, -0.2) is 50.8 Å². The van der Waals surface area contributed by atoms with E-state index in [2.05, 4.69) is 9.80 Å². The van der Waals surface area contributed by atoms with Crippen molar-refractivity contribution in [1.82, 2.24) is 4.90 Å². The molecule has 0 spiro atoms. The Morgan fingerprint density at radius 1 is 1.00 bits per heavy atom. The topological polar surface area (TPSA) is 41.7 Å². The fourth-order valence-corrected chi connectivity index (χ4v) is 4.49. The molecule has 1 aliphatic carbocycles. The van der Waals surface area contributed by atoms with Gasteiger partial charge in [-0.25, -0.2) is 0 Å². The molecule has 0 bridgehead atoms. The van der Waals surface area contributed by atoms with Crippen molar-refractivity contribution in [2.75, 3.05) is 44.7 Å². The summed E-state index contributed by atoms with van der Waals surface area (Å²) >= 11 is 12.7. The van der Waals surface area contributed by atoms with Gasteiger partial charge in [0.05, 0.1) is 17.8 Å². The van der Waals surface area contributed by atoms with Crippen molar-refractivity contribution in [1.29, 1.82) is 0 Å². The SMILES string of the molecule is COc1ccc(N2CCN(CCC3CCC(N)CC3)CC2)c(Cl)c1Cl.Cl.Cl. The van der Waals surface area contributed by atoms with Crippen LogP contribution in [0.15, 0.2) is 12.1 Å². The highest BCUT2D eigenvalue weighted by atomic mass is 35.5. The van der Waals surface area contributed by atoms with Crippen LogP contribution in [0.3, 0.4) is 0 Å². The Kier molecular flexibility index (Phi) is 10.9. The zero-order valence-electron chi connectivity index (χ0n) is 15.8. The maximum atomic E-state index is 6.44. The van der Waals surface area contributed by atoms with E-state index >= 15 is 0 Å². The van der Waals surface area contributed by atoms with Gasteiger partial charge in [0.1, 0.15) is 10.8 Å². The lowest BCUT2D eigenvalue weighted by Gasteiger charge is -2.37. The monoisotopic (exact) mass is 457 g/mol. The van der Waals surface area contributed by atoms with E-state index in [1.807, 2.05) is 12.1 Å². The number of benzene rings is 1. The molecule has 27 heavy (non-hydrogen) atoms. The maximum absolute atomic E-state index is 6.44. The molecule has 0 unspecified atom stereocenters. The first kappa shape index (κ1) is 24.9. The zero-order chi connectivity index (χ0) is 17.8. The molecular weight excluding hydrogens is 428 g/mol. The second kappa shape index (κ2) is 11.8. The molecule has 1 aliphatic heterocycles. The number of piperazine rings is 1. The van der Waals surface area contributed by atoms with Crippen molar-refractivity contribution in [3.8, 4) is 5.75 Å². The molecule has 2 aliphatic rings. The van der Waals surface area contributed by atoms with E-state index in [1.54, 1.807) is 7.11 Å². The highest BCUT2D eigenvalue weighted by Gasteiger charge is 2.23. The quantitative estimate of drug-likeness (QED) is 0.682. The molecule has 156 valence electrons. The van der Waals surface area contributed by atoms with Crippen molar-refractivity contribution >= 4 is 53.7 Å². The second-order valence-electron chi connectivity index (χ2n) is 7.31. The van der Waals surface area contributed by atoms with Crippen molar-refractivity contribution < 1.29 is 4.74 Å². The summed E-state index contributed by atoms with van der Waals surface area (Å²) in [6, 6.07) is 4.35. The average molecular weight is 459 g/mol. The van der Waals surface area contributed by atoms with Crippen LogP contribution in [0.1, 0.15) is 32.1 Å². The Hall–Kier alpha value is -0.100. The molecule has 2 fully saturated rings. The molecule has 3 rings (SSSR count). The van der Waals surface area contributed by atoms with Gasteiger partial charge in [-0.15, -0.1) is 24.8 Å². The van der Waals surface area contributed by atoms with Crippen LogP contribution in [0.2, 0.25) is 10.0 Å². The number of rotatable bonds is 5. The molecular formula is C19H31Cl4N3O. The third-order valence-electron chi connectivity index (χ3n) is 5.70. The van der Waals surface area contributed by atoms with Gasteiger partial charge in [-0.05, 0) is 56.7 Å². The fraction of sp³-hybridized carbons (Fsp3) is 0.684. The first-order valence-electron chi connectivity index (χ1n) is 9.33. The Bertz CT molecular complexity index is 574. The van der Waals surface area contributed by atoms with Crippen LogP contribution in [0, 0.1) is 5.92 Å². The van der Waals surface area contributed by atoms with Gasteiger partial charge in [-0.1, -0.05) is 23.2 Å². The molecule has 1 aromatic rings. The normalized spacial score (nSPS) is 23.3. The first-order chi connectivity index (χ1) is 12.1. The second-order valence-corrected chi connectivity index (χ2v) is 8.07. The molecule has 1 saturated carbocycles. The van der Waals surface area contributed by atoms with Gasteiger partial charge < -0.3 is 15.4 Å². The minimum absolute atomic E-state index is 0. The first-order valence-corrected chi connectivity index (χ1v) is 10.1. The van der Waals surface area contributed by atoms with E-state index in [0.717, 1.165) is 37.8 Å². The van der Waals surface area contributed by atoms with Crippen molar-refractivity contribution in [2.45, 2.75) is 38.1 Å². The summed E-state index contributed by atoms with van der Waals surface area (Å²) in [5.74, 6) is 1.49. The number of anilines is 1. The van der Waals surface area contributed by atoms with Gasteiger partial charge in [0.25, 0.3) is 0 Å². The molecule has 1 aromatic carbocycles. The van der Waals surface area contributed by atoms with Gasteiger partial charge >= 0.3 is 0 Å². The van der Waals surface area contributed by atoms with Gasteiger partial charge in [0.15, 0.2) is 0 Å². The number of hydrogen-bond donors (Lipinski definition) is 1. The minimum atomic E-state index is 0. The van der Waals surface area contributed by atoms with E-state index in [1.165, 1.54) is 38.6 Å². The predicted octanol–water partition coefficient (Wildman–Crippen LogP) is 4.88. The fourth-order valence-electron chi connectivity index (χ4n) is 3.98. The van der Waals surface area contributed by atoms with Crippen LogP contribution >= 0.6 is 48.0 Å². The van der Waals surface area contributed by atoms with Crippen LogP contribution in [0.25, 0.3) is 0 Å². The third-order valence-corrected chi connectivity index (χ3v) is 6.56. The zero-order valence-corrected chi connectivity index (χ0v) is 19.0. The molecule has 0 aromatic heterocycles. The molecule has 0 radical (unpaired) electrons. The summed E-state index contributed by atoms with van der Waals surface area (Å²) in [6.45, 7) is 5.32. The van der Waals surface area contributed by atoms with E-state index in [-0.39, 0.29) is 24.8 Å².